The largest absolute Gasteiger partial charge is 0.345 e. The summed E-state index contributed by atoms with van der Waals surface area (Å²) >= 11 is 3.40. The van der Waals surface area contributed by atoms with E-state index in [9.17, 15) is 13.2 Å². The maximum atomic E-state index is 13.2. The molecular weight excluding hydrogens is 525 g/mol. The van der Waals surface area contributed by atoms with Crippen LogP contribution < -0.4 is 9.21 Å². The lowest BCUT2D eigenvalue weighted by molar-refractivity contribution is 0.0746. The lowest BCUT2D eigenvalue weighted by Crippen LogP contribution is -2.48. The summed E-state index contributed by atoms with van der Waals surface area (Å²) in [6.45, 7) is 4.69. The summed E-state index contributed by atoms with van der Waals surface area (Å²) in [6.07, 6.45) is 2.07. The molecule has 0 saturated carbocycles. The molecule has 0 N–H and O–H groups in total. The van der Waals surface area contributed by atoms with Crippen LogP contribution in [0.4, 0.5) is 10.8 Å². The first-order valence-electron chi connectivity index (χ1n) is 12.1. The number of aromatic nitrogens is 1. The van der Waals surface area contributed by atoms with Gasteiger partial charge in [-0.1, -0.05) is 29.5 Å². The van der Waals surface area contributed by atoms with Gasteiger partial charge in [0.25, 0.3) is 15.9 Å². The number of benzene rings is 3. The number of amides is 1. The third kappa shape index (κ3) is 5.18. The standard InChI is InChI=1S/C27H28N4O3S3/c1-3-31(21-7-5-4-6-8-21)37(33,34)23-12-9-20(10-13-23)26(32)29-15-17-30(18-16-29)27-28-24-14-11-22(35-2)19-25(24)36-27/h4-14,19H,3,15-18H2,1-2H3. The van der Waals surface area contributed by atoms with Crippen LogP contribution in [0.3, 0.4) is 0 Å². The smallest absolute Gasteiger partial charge is 0.264 e. The summed E-state index contributed by atoms with van der Waals surface area (Å²) in [4.78, 5) is 23.4. The van der Waals surface area contributed by atoms with Crippen LogP contribution in [0.5, 0.6) is 0 Å². The molecule has 1 fully saturated rings. The van der Waals surface area contributed by atoms with Crippen molar-refractivity contribution in [1.82, 2.24) is 9.88 Å². The molecule has 0 bridgehead atoms. The van der Waals surface area contributed by atoms with Gasteiger partial charge in [-0.25, -0.2) is 13.4 Å². The Hall–Kier alpha value is -3.08. The number of piperazine rings is 1. The average Bonchev–Trinajstić information content (AvgIpc) is 3.37. The monoisotopic (exact) mass is 552 g/mol. The second-order valence-electron chi connectivity index (χ2n) is 8.64. The van der Waals surface area contributed by atoms with E-state index in [0.717, 1.165) is 10.6 Å². The molecule has 4 aromatic rings. The van der Waals surface area contributed by atoms with Crippen molar-refractivity contribution in [3.05, 3.63) is 78.4 Å². The van der Waals surface area contributed by atoms with Crippen LogP contribution in [-0.4, -0.2) is 63.2 Å². The molecule has 1 saturated heterocycles. The van der Waals surface area contributed by atoms with Crippen LogP contribution in [0, 0.1) is 0 Å². The zero-order chi connectivity index (χ0) is 26.0. The van der Waals surface area contributed by atoms with Crippen molar-refractivity contribution in [2.24, 2.45) is 0 Å². The molecule has 1 amide bonds. The molecule has 7 nitrogen and oxygen atoms in total. The van der Waals surface area contributed by atoms with E-state index < -0.39 is 10.0 Å². The van der Waals surface area contributed by atoms with E-state index in [2.05, 4.69) is 29.4 Å². The number of anilines is 2. The maximum absolute atomic E-state index is 13.2. The van der Waals surface area contributed by atoms with E-state index in [4.69, 9.17) is 4.98 Å². The molecule has 2 heterocycles. The van der Waals surface area contributed by atoms with Crippen LogP contribution in [0.1, 0.15) is 17.3 Å². The van der Waals surface area contributed by atoms with Crippen molar-refractivity contribution in [3.8, 4) is 0 Å². The summed E-state index contributed by atoms with van der Waals surface area (Å²) in [6, 6.07) is 21.6. The second-order valence-corrected chi connectivity index (χ2v) is 12.4. The third-order valence-corrected chi connectivity index (χ3v) is 10.2. The number of para-hydroxylation sites is 1. The Bertz CT molecular complexity index is 1500. The number of sulfonamides is 1. The van der Waals surface area contributed by atoms with E-state index in [1.165, 1.54) is 26.0 Å². The number of carbonyl (C=O) groups excluding carboxylic acids is 1. The molecular formula is C27H28N4O3S3. The van der Waals surface area contributed by atoms with Crippen LogP contribution in [-0.2, 0) is 10.0 Å². The lowest BCUT2D eigenvalue weighted by atomic mass is 10.2. The topological polar surface area (TPSA) is 73.8 Å². The summed E-state index contributed by atoms with van der Waals surface area (Å²) in [5.74, 6) is -0.0899. The summed E-state index contributed by atoms with van der Waals surface area (Å²) in [7, 11) is -3.73. The highest BCUT2D eigenvalue weighted by Crippen LogP contribution is 2.32. The molecule has 0 spiro atoms. The highest BCUT2D eigenvalue weighted by Gasteiger charge is 2.26. The first kappa shape index (κ1) is 25.6. The molecule has 10 heteroatoms. The van der Waals surface area contributed by atoms with Gasteiger partial charge in [0, 0.05) is 43.2 Å². The maximum Gasteiger partial charge on any atom is 0.264 e. The van der Waals surface area contributed by atoms with Crippen LogP contribution >= 0.6 is 23.1 Å². The van der Waals surface area contributed by atoms with Crippen molar-refractivity contribution >= 4 is 60.1 Å². The molecule has 3 aromatic carbocycles. The molecule has 1 aromatic heterocycles. The van der Waals surface area contributed by atoms with Crippen LogP contribution in [0.25, 0.3) is 10.2 Å². The summed E-state index contributed by atoms with van der Waals surface area (Å²) in [5.41, 5.74) is 2.10. The number of carbonyl (C=O) groups is 1. The predicted octanol–water partition coefficient (Wildman–Crippen LogP) is 5.20. The predicted molar refractivity (Wildman–Crippen MR) is 153 cm³/mol. The van der Waals surface area contributed by atoms with Gasteiger partial charge in [-0.15, -0.1) is 11.8 Å². The quantitative estimate of drug-likeness (QED) is 0.294. The third-order valence-electron chi connectivity index (χ3n) is 6.44. The number of fused-ring (bicyclic) bond motifs is 1. The number of hydrogen-bond donors (Lipinski definition) is 0. The SMILES string of the molecule is CCN(c1ccccc1)S(=O)(=O)c1ccc(C(=O)N2CCN(c3nc4ccc(SC)cc4s3)CC2)cc1. The first-order chi connectivity index (χ1) is 17.9. The number of hydrogen-bond acceptors (Lipinski definition) is 7. The Morgan fingerprint density at radius 3 is 2.35 bits per heavy atom. The second kappa shape index (κ2) is 10.7. The number of rotatable bonds is 7. The Labute approximate surface area is 225 Å². The fourth-order valence-electron chi connectivity index (χ4n) is 4.42. The van der Waals surface area contributed by atoms with E-state index in [0.29, 0.717) is 44.0 Å². The number of thiazole rings is 1. The van der Waals surface area contributed by atoms with Crippen molar-refractivity contribution in [3.63, 3.8) is 0 Å². The van der Waals surface area contributed by atoms with Gasteiger partial charge < -0.3 is 9.80 Å². The molecule has 37 heavy (non-hydrogen) atoms. The molecule has 0 aliphatic carbocycles. The van der Waals surface area contributed by atoms with Gasteiger partial charge in [-0.05, 0) is 67.8 Å². The molecule has 192 valence electrons. The fraction of sp³-hybridized carbons (Fsp3) is 0.259. The Balaban J connectivity index is 1.25. The van der Waals surface area contributed by atoms with Gasteiger partial charge in [0.2, 0.25) is 0 Å². The van der Waals surface area contributed by atoms with Crippen molar-refractivity contribution in [2.75, 3.05) is 48.2 Å². The zero-order valence-corrected chi connectivity index (χ0v) is 23.2. The lowest BCUT2D eigenvalue weighted by Gasteiger charge is -2.34. The van der Waals surface area contributed by atoms with E-state index >= 15 is 0 Å². The molecule has 1 aliphatic rings. The van der Waals surface area contributed by atoms with Gasteiger partial charge in [0.05, 0.1) is 20.8 Å². The van der Waals surface area contributed by atoms with E-state index in [-0.39, 0.29) is 10.8 Å². The highest BCUT2D eigenvalue weighted by atomic mass is 32.2. The summed E-state index contributed by atoms with van der Waals surface area (Å²) in [5, 5.41) is 0.980. The van der Waals surface area contributed by atoms with Crippen molar-refractivity contribution in [2.45, 2.75) is 16.7 Å². The van der Waals surface area contributed by atoms with Crippen LogP contribution in [0.15, 0.2) is 82.6 Å². The Morgan fingerprint density at radius 2 is 1.70 bits per heavy atom. The minimum atomic E-state index is -3.73. The number of nitrogens with zero attached hydrogens (tertiary/aromatic N) is 4. The zero-order valence-electron chi connectivity index (χ0n) is 20.7. The molecule has 0 radical (unpaired) electrons. The van der Waals surface area contributed by atoms with Gasteiger partial charge >= 0.3 is 0 Å². The minimum Gasteiger partial charge on any atom is -0.345 e. The molecule has 5 rings (SSSR count). The van der Waals surface area contributed by atoms with Gasteiger partial charge in [-0.2, -0.15) is 0 Å². The Morgan fingerprint density at radius 1 is 1.00 bits per heavy atom. The first-order valence-corrected chi connectivity index (χ1v) is 15.6. The molecule has 0 unspecified atom stereocenters. The van der Waals surface area contributed by atoms with Gasteiger partial charge in [0.15, 0.2) is 5.13 Å². The number of thioether (sulfide) groups is 1. The van der Waals surface area contributed by atoms with E-state index in [1.54, 1.807) is 54.3 Å². The highest BCUT2D eigenvalue weighted by molar-refractivity contribution is 7.98. The average molecular weight is 553 g/mol. The van der Waals surface area contributed by atoms with Crippen molar-refractivity contribution < 1.29 is 13.2 Å². The van der Waals surface area contributed by atoms with E-state index in [1.807, 2.05) is 23.1 Å². The van der Waals surface area contributed by atoms with Gasteiger partial charge in [-0.3, -0.25) is 9.10 Å². The molecule has 0 atom stereocenters. The molecule has 1 aliphatic heterocycles. The Kier molecular flexibility index (Phi) is 7.41. The van der Waals surface area contributed by atoms with Crippen molar-refractivity contribution in [1.29, 1.82) is 0 Å². The fourth-order valence-corrected chi connectivity index (χ4v) is 7.47. The normalized spacial score (nSPS) is 14.2. The minimum absolute atomic E-state index is 0.0899. The van der Waals surface area contributed by atoms with Gasteiger partial charge in [0.1, 0.15) is 0 Å². The summed E-state index contributed by atoms with van der Waals surface area (Å²) < 4.78 is 29.0. The van der Waals surface area contributed by atoms with Crippen LogP contribution in [0.2, 0.25) is 0 Å².